The third-order valence-corrected chi connectivity index (χ3v) is 5.12. The summed E-state index contributed by atoms with van der Waals surface area (Å²) in [7, 11) is 0. The standard InChI is InChI=1S/C22H38N4O/c1-17(27)25-14-10-19(11-15-25)26(22(5,6)7)20-16-18(8-12-23-20)9-13-24-21(2,3)4/h8,12,16,19,24H,9-11,13-15H2,1-7H3. The number of rotatable bonds is 5. The summed E-state index contributed by atoms with van der Waals surface area (Å²) in [5.74, 6) is 1.24. The van der Waals surface area contributed by atoms with Crippen LogP contribution >= 0.6 is 0 Å². The van der Waals surface area contributed by atoms with Crippen LogP contribution in [-0.4, -0.2) is 52.5 Å². The van der Waals surface area contributed by atoms with E-state index in [4.69, 9.17) is 4.98 Å². The molecule has 5 nitrogen and oxygen atoms in total. The van der Waals surface area contributed by atoms with Crippen LogP contribution < -0.4 is 10.2 Å². The van der Waals surface area contributed by atoms with Crippen LogP contribution in [0.5, 0.6) is 0 Å². The highest BCUT2D eigenvalue weighted by Crippen LogP contribution is 2.30. The number of likely N-dealkylation sites (tertiary alicyclic amines) is 1. The molecule has 1 saturated heterocycles. The molecular weight excluding hydrogens is 336 g/mol. The molecular formula is C22H38N4O. The van der Waals surface area contributed by atoms with Crippen LogP contribution in [0.25, 0.3) is 0 Å². The molecule has 0 atom stereocenters. The van der Waals surface area contributed by atoms with Gasteiger partial charge in [-0.05, 0) is 85.0 Å². The molecule has 152 valence electrons. The van der Waals surface area contributed by atoms with Gasteiger partial charge in [0.1, 0.15) is 5.82 Å². The molecule has 0 saturated carbocycles. The largest absolute Gasteiger partial charge is 0.349 e. The lowest BCUT2D eigenvalue weighted by Gasteiger charge is -2.46. The van der Waals surface area contributed by atoms with Gasteiger partial charge < -0.3 is 15.1 Å². The second kappa shape index (κ2) is 8.59. The fourth-order valence-corrected chi connectivity index (χ4v) is 3.85. The Morgan fingerprint density at radius 3 is 2.37 bits per heavy atom. The van der Waals surface area contributed by atoms with E-state index in [0.29, 0.717) is 6.04 Å². The molecule has 1 aromatic heterocycles. The van der Waals surface area contributed by atoms with Gasteiger partial charge in [0.05, 0.1) is 0 Å². The number of piperidine rings is 1. The Bertz CT molecular complexity index is 622. The fraction of sp³-hybridized carbons (Fsp3) is 0.727. The number of aromatic nitrogens is 1. The first-order valence-corrected chi connectivity index (χ1v) is 10.2. The lowest BCUT2D eigenvalue weighted by Crippen LogP contribution is -2.53. The van der Waals surface area contributed by atoms with Crippen LogP contribution in [0, 0.1) is 0 Å². The maximum absolute atomic E-state index is 11.7. The Morgan fingerprint density at radius 2 is 1.85 bits per heavy atom. The number of nitrogens with zero attached hydrogens (tertiary/aromatic N) is 3. The van der Waals surface area contributed by atoms with Gasteiger partial charge in [-0.1, -0.05) is 0 Å². The van der Waals surface area contributed by atoms with Crippen LogP contribution in [-0.2, 0) is 11.2 Å². The van der Waals surface area contributed by atoms with Crippen molar-refractivity contribution in [1.29, 1.82) is 0 Å². The normalized spacial score (nSPS) is 16.5. The van der Waals surface area contributed by atoms with Gasteiger partial charge in [-0.25, -0.2) is 4.98 Å². The molecule has 0 radical (unpaired) electrons. The van der Waals surface area contributed by atoms with Crippen molar-refractivity contribution < 1.29 is 4.79 Å². The van der Waals surface area contributed by atoms with Gasteiger partial charge in [0.2, 0.25) is 5.91 Å². The summed E-state index contributed by atoms with van der Waals surface area (Å²) in [5.41, 5.74) is 1.43. The minimum absolute atomic E-state index is 0.0155. The molecule has 27 heavy (non-hydrogen) atoms. The zero-order valence-corrected chi connectivity index (χ0v) is 18.3. The monoisotopic (exact) mass is 374 g/mol. The molecule has 1 aliphatic heterocycles. The Morgan fingerprint density at radius 1 is 1.22 bits per heavy atom. The summed E-state index contributed by atoms with van der Waals surface area (Å²) in [4.78, 5) is 20.8. The van der Waals surface area contributed by atoms with E-state index in [0.717, 1.165) is 44.7 Å². The highest BCUT2D eigenvalue weighted by Gasteiger charge is 2.33. The van der Waals surface area contributed by atoms with Gasteiger partial charge >= 0.3 is 0 Å². The molecule has 1 N–H and O–H groups in total. The zero-order chi connectivity index (χ0) is 20.2. The number of hydrogen-bond acceptors (Lipinski definition) is 4. The van der Waals surface area contributed by atoms with E-state index < -0.39 is 0 Å². The van der Waals surface area contributed by atoms with Crippen molar-refractivity contribution in [3.05, 3.63) is 23.9 Å². The number of carbonyl (C=O) groups is 1. The molecule has 0 aliphatic carbocycles. The summed E-state index contributed by atoms with van der Waals surface area (Å²) in [6.07, 6.45) is 4.92. The molecule has 0 bridgehead atoms. The minimum atomic E-state index is -0.0155. The SMILES string of the molecule is CC(=O)N1CCC(N(c2cc(CCNC(C)(C)C)ccn2)C(C)(C)C)CC1. The lowest BCUT2D eigenvalue weighted by molar-refractivity contribution is -0.129. The summed E-state index contributed by atoms with van der Waals surface area (Å²) in [6.45, 7) is 17.6. The first kappa shape index (κ1) is 21.7. The third-order valence-electron chi connectivity index (χ3n) is 5.12. The summed E-state index contributed by atoms with van der Waals surface area (Å²) in [6, 6.07) is 4.77. The Balaban J connectivity index is 2.13. The van der Waals surface area contributed by atoms with Gasteiger partial charge in [0.25, 0.3) is 0 Å². The first-order valence-electron chi connectivity index (χ1n) is 10.2. The number of amides is 1. The Hall–Kier alpha value is -1.62. The molecule has 0 aromatic carbocycles. The molecule has 1 fully saturated rings. The van der Waals surface area contributed by atoms with Gasteiger partial charge in [0, 0.05) is 43.3 Å². The van der Waals surface area contributed by atoms with Gasteiger partial charge in [-0.2, -0.15) is 0 Å². The number of hydrogen-bond donors (Lipinski definition) is 1. The molecule has 0 unspecified atom stereocenters. The smallest absolute Gasteiger partial charge is 0.219 e. The average Bonchev–Trinajstić information content (AvgIpc) is 2.53. The molecule has 2 rings (SSSR count). The topological polar surface area (TPSA) is 48.5 Å². The first-order chi connectivity index (χ1) is 12.5. The van der Waals surface area contributed by atoms with Crippen molar-refractivity contribution >= 4 is 11.7 Å². The van der Waals surface area contributed by atoms with Crippen molar-refractivity contribution in [3.8, 4) is 0 Å². The lowest BCUT2D eigenvalue weighted by atomic mass is 9.95. The second-order valence-electron chi connectivity index (χ2n) is 9.73. The van der Waals surface area contributed by atoms with E-state index in [9.17, 15) is 4.79 Å². The number of anilines is 1. The molecule has 5 heteroatoms. The van der Waals surface area contributed by atoms with Crippen molar-refractivity contribution in [2.75, 3.05) is 24.5 Å². The second-order valence-corrected chi connectivity index (χ2v) is 9.73. The maximum atomic E-state index is 11.7. The van der Waals surface area contributed by atoms with Crippen molar-refractivity contribution in [2.45, 2.75) is 84.8 Å². The number of carbonyl (C=O) groups excluding carboxylic acids is 1. The van der Waals surface area contributed by atoms with E-state index in [1.54, 1.807) is 6.92 Å². The van der Waals surface area contributed by atoms with Gasteiger partial charge in [-0.3, -0.25) is 4.79 Å². The quantitative estimate of drug-likeness (QED) is 0.855. The van der Waals surface area contributed by atoms with Crippen LogP contribution in [0.1, 0.15) is 66.9 Å². The zero-order valence-electron chi connectivity index (χ0n) is 18.3. The number of nitrogens with one attached hydrogen (secondary N) is 1. The average molecular weight is 375 g/mol. The van der Waals surface area contributed by atoms with E-state index >= 15 is 0 Å². The predicted octanol–water partition coefficient (Wildman–Crippen LogP) is 3.63. The maximum Gasteiger partial charge on any atom is 0.219 e. The summed E-state index contributed by atoms with van der Waals surface area (Å²) >= 11 is 0. The summed E-state index contributed by atoms with van der Waals surface area (Å²) < 4.78 is 0. The Kier molecular flexibility index (Phi) is 6.90. The van der Waals surface area contributed by atoms with E-state index in [1.807, 2.05) is 11.1 Å². The van der Waals surface area contributed by atoms with E-state index in [1.165, 1.54) is 5.56 Å². The van der Waals surface area contributed by atoms with E-state index in [-0.39, 0.29) is 17.0 Å². The van der Waals surface area contributed by atoms with Crippen molar-refractivity contribution in [3.63, 3.8) is 0 Å². The van der Waals surface area contributed by atoms with E-state index in [2.05, 4.69) is 63.9 Å². The van der Waals surface area contributed by atoms with Crippen LogP contribution in [0.15, 0.2) is 18.3 Å². The van der Waals surface area contributed by atoms with Crippen molar-refractivity contribution in [2.24, 2.45) is 0 Å². The molecule has 1 aliphatic rings. The van der Waals surface area contributed by atoms with Crippen LogP contribution in [0.3, 0.4) is 0 Å². The minimum Gasteiger partial charge on any atom is -0.349 e. The molecule has 1 amide bonds. The third kappa shape index (κ3) is 6.49. The fourth-order valence-electron chi connectivity index (χ4n) is 3.85. The molecule has 1 aromatic rings. The van der Waals surface area contributed by atoms with Crippen LogP contribution in [0.2, 0.25) is 0 Å². The highest BCUT2D eigenvalue weighted by atomic mass is 16.2. The summed E-state index contributed by atoms with van der Waals surface area (Å²) in [5, 5.41) is 3.56. The predicted molar refractivity (Wildman–Crippen MR) is 113 cm³/mol. The number of pyridine rings is 1. The van der Waals surface area contributed by atoms with Crippen LogP contribution in [0.4, 0.5) is 5.82 Å². The Labute approximate surface area is 165 Å². The van der Waals surface area contributed by atoms with Gasteiger partial charge in [-0.15, -0.1) is 0 Å². The van der Waals surface area contributed by atoms with Crippen molar-refractivity contribution in [1.82, 2.24) is 15.2 Å². The highest BCUT2D eigenvalue weighted by molar-refractivity contribution is 5.73. The molecule has 0 spiro atoms. The molecule has 2 heterocycles. The van der Waals surface area contributed by atoms with Gasteiger partial charge in [0.15, 0.2) is 0 Å².